The average molecular weight is 333 g/mol. The fourth-order valence-electron chi connectivity index (χ4n) is 3.57. The molecule has 132 valence electrons. The number of amides is 1. The maximum Gasteiger partial charge on any atom is 0.236 e. The summed E-state index contributed by atoms with van der Waals surface area (Å²) in [5, 5.41) is 0. The van der Waals surface area contributed by atoms with E-state index in [0.29, 0.717) is 26.3 Å². The van der Waals surface area contributed by atoms with Gasteiger partial charge in [-0.2, -0.15) is 0 Å². The van der Waals surface area contributed by atoms with E-state index < -0.39 is 0 Å². The minimum Gasteiger partial charge on any atom is -0.371 e. The second kappa shape index (κ2) is 7.59. The SMILES string of the molecule is CN(C)CC(=O)N1CCC[C@]2(C[C@H](OCc3cccnc3)CO2)C1. The van der Waals surface area contributed by atoms with Crippen LogP contribution in [0.1, 0.15) is 24.8 Å². The maximum atomic E-state index is 12.3. The van der Waals surface area contributed by atoms with E-state index >= 15 is 0 Å². The summed E-state index contributed by atoms with van der Waals surface area (Å²) < 4.78 is 12.1. The largest absolute Gasteiger partial charge is 0.371 e. The van der Waals surface area contributed by atoms with Gasteiger partial charge in [0.2, 0.25) is 5.91 Å². The molecule has 6 nitrogen and oxygen atoms in total. The van der Waals surface area contributed by atoms with Crippen LogP contribution < -0.4 is 0 Å². The zero-order valence-corrected chi connectivity index (χ0v) is 14.6. The molecule has 1 amide bonds. The minimum absolute atomic E-state index is 0.0918. The normalized spacial score (nSPS) is 27.1. The van der Waals surface area contributed by atoms with Gasteiger partial charge in [0.05, 0.1) is 31.5 Å². The summed E-state index contributed by atoms with van der Waals surface area (Å²) in [5.41, 5.74) is 0.852. The third-order valence-electron chi connectivity index (χ3n) is 4.73. The molecule has 2 aliphatic heterocycles. The van der Waals surface area contributed by atoms with Crippen LogP contribution >= 0.6 is 0 Å². The van der Waals surface area contributed by atoms with Gasteiger partial charge in [0.1, 0.15) is 0 Å². The molecule has 0 unspecified atom stereocenters. The standard InChI is InChI=1S/C18H27N3O3/c1-20(2)11-17(22)21-8-4-6-18(14-21)9-16(13-24-18)23-12-15-5-3-7-19-10-15/h3,5,7,10,16H,4,6,8-9,11-14H2,1-2H3/t16-,18-/m0/s1. The first-order valence-corrected chi connectivity index (χ1v) is 8.63. The number of likely N-dealkylation sites (N-methyl/N-ethyl adjacent to an activating group) is 1. The van der Waals surface area contributed by atoms with Gasteiger partial charge in [-0.05, 0) is 38.6 Å². The number of carbonyl (C=O) groups excluding carboxylic acids is 1. The van der Waals surface area contributed by atoms with E-state index in [-0.39, 0.29) is 17.6 Å². The summed E-state index contributed by atoms with van der Waals surface area (Å²) in [4.78, 5) is 20.3. The molecular formula is C18H27N3O3. The van der Waals surface area contributed by atoms with Crippen molar-refractivity contribution in [2.24, 2.45) is 0 Å². The fraction of sp³-hybridized carbons (Fsp3) is 0.667. The highest BCUT2D eigenvalue weighted by atomic mass is 16.6. The molecule has 0 bridgehead atoms. The zero-order chi connectivity index (χ0) is 17.0. The highest BCUT2D eigenvalue weighted by Crippen LogP contribution is 2.36. The number of piperidine rings is 1. The molecule has 2 aliphatic rings. The maximum absolute atomic E-state index is 12.3. The smallest absolute Gasteiger partial charge is 0.236 e. The number of carbonyl (C=O) groups is 1. The lowest BCUT2D eigenvalue weighted by atomic mass is 9.89. The van der Waals surface area contributed by atoms with Gasteiger partial charge in [-0.1, -0.05) is 6.07 Å². The van der Waals surface area contributed by atoms with Crippen LogP contribution in [0.25, 0.3) is 0 Å². The summed E-state index contributed by atoms with van der Waals surface area (Å²) in [6.07, 6.45) is 6.54. The number of aromatic nitrogens is 1. The number of rotatable bonds is 5. The lowest BCUT2D eigenvalue weighted by Gasteiger charge is -2.40. The monoisotopic (exact) mass is 333 g/mol. The van der Waals surface area contributed by atoms with Crippen LogP contribution in [0.4, 0.5) is 0 Å². The van der Waals surface area contributed by atoms with Crippen molar-refractivity contribution in [2.75, 3.05) is 40.3 Å². The van der Waals surface area contributed by atoms with E-state index in [2.05, 4.69) is 4.98 Å². The highest BCUT2D eigenvalue weighted by Gasteiger charge is 2.44. The summed E-state index contributed by atoms with van der Waals surface area (Å²) in [6, 6.07) is 3.93. The highest BCUT2D eigenvalue weighted by molar-refractivity contribution is 5.78. The second-order valence-electron chi connectivity index (χ2n) is 7.15. The lowest BCUT2D eigenvalue weighted by Crippen LogP contribution is -2.52. The number of hydrogen-bond donors (Lipinski definition) is 0. The average Bonchev–Trinajstić information content (AvgIpc) is 2.96. The predicted molar refractivity (Wildman–Crippen MR) is 90.5 cm³/mol. The Hall–Kier alpha value is -1.50. The molecule has 0 radical (unpaired) electrons. The van der Waals surface area contributed by atoms with Gasteiger partial charge in [-0.3, -0.25) is 9.78 Å². The summed E-state index contributed by atoms with van der Waals surface area (Å²) in [6.45, 7) is 3.14. The van der Waals surface area contributed by atoms with Gasteiger partial charge in [0.15, 0.2) is 0 Å². The first kappa shape index (κ1) is 17.3. The van der Waals surface area contributed by atoms with E-state index in [1.807, 2.05) is 42.2 Å². The topological polar surface area (TPSA) is 54.9 Å². The van der Waals surface area contributed by atoms with E-state index in [1.165, 1.54) is 0 Å². The van der Waals surface area contributed by atoms with E-state index in [0.717, 1.165) is 31.4 Å². The summed E-state index contributed by atoms with van der Waals surface area (Å²) >= 11 is 0. The third-order valence-corrected chi connectivity index (χ3v) is 4.73. The van der Waals surface area contributed by atoms with Crippen molar-refractivity contribution in [1.29, 1.82) is 0 Å². The van der Waals surface area contributed by atoms with Crippen molar-refractivity contribution < 1.29 is 14.3 Å². The Morgan fingerprint density at radius 2 is 2.42 bits per heavy atom. The second-order valence-corrected chi connectivity index (χ2v) is 7.15. The molecule has 3 rings (SSSR count). The fourth-order valence-corrected chi connectivity index (χ4v) is 3.57. The zero-order valence-electron chi connectivity index (χ0n) is 14.6. The Kier molecular flexibility index (Phi) is 5.48. The molecule has 1 aromatic heterocycles. The Balaban J connectivity index is 1.52. The summed E-state index contributed by atoms with van der Waals surface area (Å²) in [7, 11) is 3.85. The van der Waals surface area contributed by atoms with Gasteiger partial charge < -0.3 is 19.3 Å². The minimum atomic E-state index is -0.222. The van der Waals surface area contributed by atoms with Crippen LogP contribution in [0.15, 0.2) is 24.5 Å². The molecular weight excluding hydrogens is 306 g/mol. The molecule has 0 saturated carbocycles. The van der Waals surface area contributed by atoms with Crippen molar-refractivity contribution in [1.82, 2.24) is 14.8 Å². The van der Waals surface area contributed by atoms with Gasteiger partial charge in [-0.15, -0.1) is 0 Å². The Morgan fingerprint density at radius 3 is 3.17 bits per heavy atom. The Labute approximate surface area is 143 Å². The predicted octanol–water partition coefficient (Wildman–Crippen LogP) is 1.31. The van der Waals surface area contributed by atoms with Crippen molar-refractivity contribution in [3.05, 3.63) is 30.1 Å². The Morgan fingerprint density at radius 1 is 1.54 bits per heavy atom. The van der Waals surface area contributed by atoms with Crippen molar-refractivity contribution in [3.8, 4) is 0 Å². The lowest BCUT2D eigenvalue weighted by molar-refractivity contribution is -0.139. The molecule has 6 heteroatoms. The Bertz CT molecular complexity index is 552. The molecule has 24 heavy (non-hydrogen) atoms. The van der Waals surface area contributed by atoms with Crippen molar-refractivity contribution >= 4 is 5.91 Å². The van der Waals surface area contributed by atoms with Crippen LogP contribution in [0, 0.1) is 0 Å². The van der Waals surface area contributed by atoms with Crippen LogP contribution in [0.5, 0.6) is 0 Å². The molecule has 0 aromatic carbocycles. The first-order valence-electron chi connectivity index (χ1n) is 8.63. The number of pyridine rings is 1. The molecule has 0 aliphatic carbocycles. The molecule has 1 aromatic rings. The molecule has 2 saturated heterocycles. The van der Waals surface area contributed by atoms with Gasteiger partial charge in [0.25, 0.3) is 0 Å². The van der Waals surface area contributed by atoms with Crippen molar-refractivity contribution in [2.45, 2.75) is 37.6 Å². The van der Waals surface area contributed by atoms with Crippen LogP contribution in [-0.2, 0) is 20.9 Å². The van der Waals surface area contributed by atoms with Gasteiger partial charge in [-0.25, -0.2) is 0 Å². The molecule has 3 heterocycles. The first-order chi connectivity index (χ1) is 11.6. The molecule has 2 fully saturated rings. The van der Waals surface area contributed by atoms with Crippen LogP contribution in [-0.4, -0.2) is 72.7 Å². The van der Waals surface area contributed by atoms with Crippen LogP contribution in [0.3, 0.4) is 0 Å². The van der Waals surface area contributed by atoms with Crippen LogP contribution in [0.2, 0.25) is 0 Å². The van der Waals surface area contributed by atoms with Gasteiger partial charge >= 0.3 is 0 Å². The van der Waals surface area contributed by atoms with Gasteiger partial charge in [0, 0.05) is 31.9 Å². The molecule has 1 spiro atoms. The molecule has 2 atom stereocenters. The number of nitrogens with zero attached hydrogens (tertiary/aromatic N) is 3. The van der Waals surface area contributed by atoms with Crippen molar-refractivity contribution in [3.63, 3.8) is 0 Å². The van der Waals surface area contributed by atoms with E-state index in [4.69, 9.17) is 9.47 Å². The summed E-state index contributed by atoms with van der Waals surface area (Å²) in [5.74, 6) is 0.183. The quantitative estimate of drug-likeness (QED) is 0.813. The third kappa shape index (κ3) is 4.32. The van der Waals surface area contributed by atoms with E-state index in [1.54, 1.807) is 6.20 Å². The number of ether oxygens (including phenoxy) is 2. The van der Waals surface area contributed by atoms with E-state index in [9.17, 15) is 4.79 Å². The number of hydrogen-bond acceptors (Lipinski definition) is 5. The number of likely N-dealkylation sites (tertiary alicyclic amines) is 1. The molecule has 0 N–H and O–H groups in total.